The third-order valence-corrected chi connectivity index (χ3v) is 6.03. The Morgan fingerprint density at radius 3 is 2.62 bits per heavy atom. The van der Waals surface area contributed by atoms with Crippen molar-refractivity contribution in [3.63, 3.8) is 0 Å². The number of rotatable bonds is 6. The predicted molar refractivity (Wildman–Crippen MR) is 82.2 cm³/mol. The number of nitrogens with zero attached hydrogens (tertiary/aromatic N) is 2. The second-order valence-electron chi connectivity index (χ2n) is 5.12. The standard InChI is InChI=1S/C14H17N3O2S2/c15-7-11-1-4-14(16-8-11)21(18,19)17(13-2-3-13)9-12-5-6-20-10-12/h1,4-6,8,10,13H,2-3,7,9,15H2. The molecule has 0 amide bonds. The molecule has 0 saturated heterocycles. The zero-order valence-corrected chi connectivity index (χ0v) is 13.1. The lowest BCUT2D eigenvalue weighted by atomic mass is 10.3. The van der Waals surface area contributed by atoms with E-state index in [1.807, 2.05) is 16.8 Å². The third kappa shape index (κ3) is 3.16. The van der Waals surface area contributed by atoms with E-state index in [9.17, 15) is 8.42 Å². The fourth-order valence-corrected chi connectivity index (χ4v) is 4.39. The maximum atomic E-state index is 12.8. The van der Waals surface area contributed by atoms with E-state index in [1.165, 1.54) is 6.20 Å². The highest BCUT2D eigenvalue weighted by atomic mass is 32.2. The number of hydrogen-bond acceptors (Lipinski definition) is 5. The van der Waals surface area contributed by atoms with Crippen LogP contribution in [0.4, 0.5) is 0 Å². The van der Waals surface area contributed by atoms with Gasteiger partial charge in [0.05, 0.1) is 0 Å². The quantitative estimate of drug-likeness (QED) is 0.881. The maximum absolute atomic E-state index is 12.8. The second-order valence-corrected chi connectivity index (χ2v) is 7.74. The van der Waals surface area contributed by atoms with Gasteiger partial charge in [-0.1, -0.05) is 6.07 Å². The van der Waals surface area contributed by atoms with E-state index in [0.29, 0.717) is 13.1 Å². The van der Waals surface area contributed by atoms with Crippen molar-refractivity contribution in [1.29, 1.82) is 0 Å². The number of aromatic nitrogens is 1. The summed E-state index contributed by atoms with van der Waals surface area (Å²) in [6.07, 6.45) is 3.37. The molecule has 0 spiro atoms. The number of nitrogens with two attached hydrogens (primary N) is 1. The van der Waals surface area contributed by atoms with E-state index < -0.39 is 10.0 Å². The summed E-state index contributed by atoms with van der Waals surface area (Å²) in [5.41, 5.74) is 7.36. The number of hydrogen-bond donors (Lipinski definition) is 1. The van der Waals surface area contributed by atoms with Crippen LogP contribution in [0.25, 0.3) is 0 Å². The lowest BCUT2D eigenvalue weighted by Gasteiger charge is -2.21. The molecule has 112 valence electrons. The first-order chi connectivity index (χ1) is 10.1. The highest BCUT2D eigenvalue weighted by Gasteiger charge is 2.38. The SMILES string of the molecule is NCc1ccc(S(=O)(=O)N(Cc2ccsc2)C2CC2)nc1. The van der Waals surface area contributed by atoms with E-state index in [4.69, 9.17) is 5.73 Å². The van der Waals surface area contributed by atoms with Crippen molar-refractivity contribution in [3.8, 4) is 0 Å². The lowest BCUT2D eigenvalue weighted by molar-refractivity contribution is 0.397. The fourth-order valence-electron chi connectivity index (χ4n) is 2.14. The number of pyridine rings is 1. The normalized spacial score (nSPS) is 15.5. The van der Waals surface area contributed by atoms with Crippen molar-refractivity contribution < 1.29 is 8.42 Å². The summed E-state index contributed by atoms with van der Waals surface area (Å²) in [7, 11) is -3.55. The number of sulfonamides is 1. The van der Waals surface area contributed by atoms with Gasteiger partial charge < -0.3 is 5.73 Å². The van der Waals surface area contributed by atoms with Crippen molar-refractivity contribution in [2.24, 2.45) is 5.73 Å². The summed E-state index contributed by atoms with van der Waals surface area (Å²) in [6, 6.07) is 5.32. The van der Waals surface area contributed by atoms with Crippen LogP contribution in [0.2, 0.25) is 0 Å². The van der Waals surface area contributed by atoms with Gasteiger partial charge in [0.25, 0.3) is 10.0 Å². The van der Waals surface area contributed by atoms with E-state index in [0.717, 1.165) is 24.0 Å². The minimum absolute atomic E-state index is 0.0989. The molecule has 1 aliphatic rings. The molecule has 0 aromatic carbocycles. The Labute approximate surface area is 128 Å². The fraction of sp³-hybridized carbons (Fsp3) is 0.357. The van der Waals surface area contributed by atoms with Gasteiger partial charge in [-0.15, -0.1) is 0 Å². The van der Waals surface area contributed by atoms with Gasteiger partial charge in [-0.3, -0.25) is 0 Å². The van der Waals surface area contributed by atoms with Crippen LogP contribution in [-0.2, 0) is 23.1 Å². The van der Waals surface area contributed by atoms with Crippen LogP contribution in [0.5, 0.6) is 0 Å². The van der Waals surface area contributed by atoms with Crippen LogP contribution in [0, 0.1) is 0 Å². The zero-order chi connectivity index (χ0) is 14.9. The Balaban J connectivity index is 1.89. The molecule has 2 aromatic rings. The minimum atomic E-state index is -3.55. The van der Waals surface area contributed by atoms with Crippen LogP contribution in [0.15, 0.2) is 40.2 Å². The second kappa shape index (κ2) is 5.84. The van der Waals surface area contributed by atoms with Crippen LogP contribution < -0.4 is 5.73 Å². The first kappa shape index (κ1) is 14.6. The first-order valence-electron chi connectivity index (χ1n) is 6.79. The van der Waals surface area contributed by atoms with E-state index in [-0.39, 0.29) is 11.1 Å². The van der Waals surface area contributed by atoms with Gasteiger partial charge in [0.1, 0.15) is 0 Å². The van der Waals surface area contributed by atoms with Gasteiger partial charge in [0.2, 0.25) is 0 Å². The molecule has 0 aliphatic heterocycles. The molecule has 1 saturated carbocycles. The van der Waals surface area contributed by atoms with Crippen LogP contribution in [-0.4, -0.2) is 23.7 Å². The Kier molecular flexibility index (Phi) is 4.08. The van der Waals surface area contributed by atoms with Gasteiger partial charge in [0, 0.05) is 25.3 Å². The van der Waals surface area contributed by atoms with Gasteiger partial charge in [-0.05, 0) is 46.9 Å². The molecule has 0 unspecified atom stereocenters. The maximum Gasteiger partial charge on any atom is 0.261 e. The summed E-state index contributed by atoms with van der Waals surface area (Å²) < 4.78 is 27.1. The lowest BCUT2D eigenvalue weighted by Crippen LogP contribution is -2.33. The monoisotopic (exact) mass is 323 g/mol. The Morgan fingerprint density at radius 2 is 2.10 bits per heavy atom. The molecule has 7 heteroatoms. The summed E-state index contributed by atoms with van der Waals surface area (Å²) in [4.78, 5) is 4.07. The molecule has 2 N–H and O–H groups in total. The van der Waals surface area contributed by atoms with Crippen molar-refractivity contribution in [2.75, 3.05) is 0 Å². The van der Waals surface area contributed by atoms with Crippen molar-refractivity contribution in [2.45, 2.75) is 37.0 Å². The molecule has 0 bridgehead atoms. The molecule has 21 heavy (non-hydrogen) atoms. The summed E-state index contributed by atoms with van der Waals surface area (Å²) >= 11 is 1.57. The van der Waals surface area contributed by atoms with Crippen LogP contribution >= 0.6 is 11.3 Å². The van der Waals surface area contributed by atoms with E-state index >= 15 is 0 Å². The molecule has 3 rings (SSSR count). The van der Waals surface area contributed by atoms with Crippen molar-refractivity contribution in [3.05, 3.63) is 46.3 Å². The first-order valence-corrected chi connectivity index (χ1v) is 9.17. The zero-order valence-electron chi connectivity index (χ0n) is 11.5. The van der Waals surface area contributed by atoms with Crippen LogP contribution in [0.1, 0.15) is 24.0 Å². The van der Waals surface area contributed by atoms with Gasteiger partial charge >= 0.3 is 0 Å². The number of thiophene rings is 1. The highest BCUT2D eigenvalue weighted by molar-refractivity contribution is 7.89. The van der Waals surface area contributed by atoms with Crippen molar-refractivity contribution in [1.82, 2.24) is 9.29 Å². The molecule has 1 fully saturated rings. The van der Waals surface area contributed by atoms with Gasteiger partial charge in [-0.25, -0.2) is 13.4 Å². The summed E-state index contributed by atoms with van der Waals surface area (Å²) in [5.74, 6) is 0. The summed E-state index contributed by atoms with van der Waals surface area (Å²) in [5, 5.41) is 4.04. The van der Waals surface area contributed by atoms with Gasteiger partial charge in [-0.2, -0.15) is 15.6 Å². The largest absolute Gasteiger partial charge is 0.326 e. The van der Waals surface area contributed by atoms with E-state index in [2.05, 4.69) is 4.98 Å². The molecule has 2 heterocycles. The smallest absolute Gasteiger partial charge is 0.261 e. The van der Waals surface area contributed by atoms with Crippen molar-refractivity contribution >= 4 is 21.4 Å². The molecule has 0 radical (unpaired) electrons. The average Bonchev–Trinajstić information content (AvgIpc) is 3.20. The average molecular weight is 323 g/mol. The molecule has 5 nitrogen and oxygen atoms in total. The minimum Gasteiger partial charge on any atom is -0.326 e. The third-order valence-electron chi connectivity index (χ3n) is 3.48. The Morgan fingerprint density at radius 1 is 1.29 bits per heavy atom. The molecular weight excluding hydrogens is 306 g/mol. The predicted octanol–water partition coefficient (Wildman–Crippen LogP) is 1.96. The topological polar surface area (TPSA) is 76.3 Å². The molecular formula is C14H17N3O2S2. The Hall–Kier alpha value is -1.28. The summed E-state index contributed by atoms with van der Waals surface area (Å²) in [6.45, 7) is 0.769. The molecule has 1 aliphatic carbocycles. The Bertz CT molecular complexity index is 692. The van der Waals surface area contributed by atoms with E-state index in [1.54, 1.807) is 27.8 Å². The highest BCUT2D eigenvalue weighted by Crippen LogP contribution is 2.33. The molecule has 0 atom stereocenters. The van der Waals surface area contributed by atoms with Gasteiger partial charge in [0.15, 0.2) is 5.03 Å². The molecule has 2 aromatic heterocycles. The van der Waals surface area contributed by atoms with Crippen LogP contribution in [0.3, 0.4) is 0 Å².